The standard InChI is InChI=1S/C17H23N3O2/c1-21-16-5-3-4-13(17(16)22-2)11-19-8-9-20(14-6-7-14)15(10-18)12-19/h3-5,14-15H,6-9,11-12H2,1-2H3. The van der Waals surface area contributed by atoms with Crippen LogP contribution in [-0.2, 0) is 6.54 Å². The predicted octanol–water partition coefficient (Wildman–Crippen LogP) is 1.88. The van der Waals surface area contributed by atoms with Crippen LogP contribution >= 0.6 is 0 Å². The highest BCUT2D eigenvalue weighted by atomic mass is 16.5. The number of para-hydroxylation sites is 1. The number of benzene rings is 1. The highest BCUT2D eigenvalue weighted by Crippen LogP contribution is 2.33. The Bertz CT molecular complexity index is 566. The van der Waals surface area contributed by atoms with Crippen molar-refractivity contribution < 1.29 is 9.47 Å². The molecule has 3 rings (SSSR count). The Balaban J connectivity index is 1.70. The molecule has 0 radical (unpaired) electrons. The fraction of sp³-hybridized carbons (Fsp3) is 0.588. The van der Waals surface area contributed by atoms with Crippen molar-refractivity contribution >= 4 is 0 Å². The molecule has 22 heavy (non-hydrogen) atoms. The summed E-state index contributed by atoms with van der Waals surface area (Å²) in [6.45, 7) is 3.56. The van der Waals surface area contributed by atoms with Crippen LogP contribution in [0.5, 0.6) is 11.5 Å². The van der Waals surface area contributed by atoms with Gasteiger partial charge in [-0.3, -0.25) is 9.80 Å². The fourth-order valence-corrected chi connectivity index (χ4v) is 3.27. The van der Waals surface area contributed by atoms with E-state index in [9.17, 15) is 5.26 Å². The largest absolute Gasteiger partial charge is 0.493 e. The van der Waals surface area contributed by atoms with Crippen LogP contribution in [0.3, 0.4) is 0 Å². The van der Waals surface area contributed by atoms with Gasteiger partial charge in [0.2, 0.25) is 0 Å². The van der Waals surface area contributed by atoms with Crippen LogP contribution in [0.1, 0.15) is 18.4 Å². The number of nitrogens with zero attached hydrogens (tertiary/aromatic N) is 3. The van der Waals surface area contributed by atoms with Gasteiger partial charge in [0.1, 0.15) is 6.04 Å². The number of nitriles is 1. The number of methoxy groups -OCH3 is 2. The summed E-state index contributed by atoms with van der Waals surface area (Å²) in [5.41, 5.74) is 1.11. The Hall–Kier alpha value is -1.77. The first-order valence-electron chi connectivity index (χ1n) is 7.84. The number of hydrogen-bond donors (Lipinski definition) is 0. The van der Waals surface area contributed by atoms with Crippen LogP contribution in [-0.4, -0.2) is 55.7 Å². The summed E-state index contributed by atoms with van der Waals surface area (Å²) in [7, 11) is 3.33. The molecule has 0 amide bonds. The molecule has 1 aromatic rings. The molecule has 1 atom stereocenters. The molecular weight excluding hydrogens is 278 g/mol. The molecule has 1 aromatic carbocycles. The van der Waals surface area contributed by atoms with Crippen molar-refractivity contribution in [3.8, 4) is 17.6 Å². The third-order valence-corrected chi connectivity index (χ3v) is 4.55. The van der Waals surface area contributed by atoms with E-state index in [0.29, 0.717) is 6.04 Å². The van der Waals surface area contributed by atoms with E-state index in [4.69, 9.17) is 9.47 Å². The maximum Gasteiger partial charge on any atom is 0.165 e. The SMILES string of the molecule is COc1cccc(CN2CCN(C3CC3)C(C#N)C2)c1OC. The Labute approximate surface area is 132 Å². The maximum atomic E-state index is 9.44. The minimum absolute atomic E-state index is 0.0119. The molecule has 5 heteroatoms. The first-order valence-corrected chi connectivity index (χ1v) is 7.84. The van der Waals surface area contributed by atoms with Crippen molar-refractivity contribution in [2.45, 2.75) is 31.5 Å². The molecule has 1 saturated heterocycles. The van der Waals surface area contributed by atoms with Gasteiger partial charge in [-0.1, -0.05) is 12.1 Å². The summed E-state index contributed by atoms with van der Waals surface area (Å²) < 4.78 is 10.9. The van der Waals surface area contributed by atoms with E-state index in [2.05, 4.69) is 21.9 Å². The van der Waals surface area contributed by atoms with Crippen molar-refractivity contribution in [1.29, 1.82) is 5.26 Å². The monoisotopic (exact) mass is 301 g/mol. The third kappa shape index (κ3) is 3.03. The van der Waals surface area contributed by atoms with Crippen LogP contribution in [0.15, 0.2) is 18.2 Å². The van der Waals surface area contributed by atoms with E-state index in [0.717, 1.165) is 43.2 Å². The van der Waals surface area contributed by atoms with E-state index in [-0.39, 0.29) is 6.04 Å². The van der Waals surface area contributed by atoms with Crippen molar-refractivity contribution in [1.82, 2.24) is 9.80 Å². The number of rotatable bonds is 5. The summed E-state index contributed by atoms with van der Waals surface area (Å²) >= 11 is 0. The van der Waals surface area contributed by atoms with E-state index in [1.807, 2.05) is 12.1 Å². The van der Waals surface area contributed by atoms with Gasteiger partial charge in [-0.15, -0.1) is 0 Å². The molecule has 1 aliphatic heterocycles. The van der Waals surface area contributed by atoms with Gasteiger partial charge < -0.3 is 9.47 Å². The maximum absolute atomic E-state index is 9.44. The molecule has 1 unspecified atom stereocenters. The molecule has 2 aliphatic rings. The highest BCUT2D eigenvalue weighted by molar-refractivity contribution is 5.46. The van der Waals surface area contributed by atoms with Gasteiger partial charge in [0.15, 0.2) is 11.5 Å². The van der Waals surface area contributed by atoms with Gasteiger partial charge >= 0.3 is 0 Å². The first-order chi connectivity index (χ1) is 10.8. The summed E-state index contributed by atoms with van der Waals surface area (Å²) in [5.74, 6) is 1.55. The summed E-state index contributed by atoms with van der Waals surface area (Å²) in [5, 5.41) is 9.44. The zero-order chi connectivity index (χ0) is 15.5. The van der Waals surface area contributed by atoms with Crippen LogP contribution in [0.2, 0.25) is 0 Å². The van der Waals surface area contributed by atoms with E-state index in [1.54, 1.807) is 14.2 Å². The first kappa shape index (κ1) is 15.1. The average Bonchev–Trinajstić information content (AvgIpc) is 3.39. The van der Waals surface area contributed by atoms with Gasteiger partial charge in [0, 0.05) is 37.8 Å². The lowest BCUT2D eigenvalue weighted by molar-refractivity contribution is 0.0891. The third-order valence-electron chi connectivity index (χ3n) is 4.55. The molecular formula is C17H23N3O2. The minimum atomic E-state index is 0.0119. The molecule has 0 spiro atoms. The van der Waals surface area contributed by atoms with E-state index in [1.165, 1.54) is 12.8 Å². The minimum Gasteiger partial charge on any atom is -0.493 e. The Morgan fingerprint density at radius 2 is 2.05 bits per heavy atom. The Morgan fingerprint density at radius 1 is 1.23 bits per heavy atom. The van der Waals surface area contributed by atoms with Crippen LogP contribution < -0.4 is 9.47 Å². The summed E-state index contributed by atoms with van der Waals surface area (Å²) in [4.78, 5) is 4.71. The van der Waals surface area contributed by atoms with E-state index < -0.39 is 0 Å². The fourth-order valence-electron chi connectivity index (χ4n) is 3.27. The molecule has 1 heterocycles. The van der Waals surface area contributed by atoms with Gasteiger partial charge in [-0.05, 0) is 18.9 Å². The Kier molecular flexibility index (Phi) is 4.51. The predicted molar refractivity (Wildman–Crippen MR) is 84.0 cm³/mol. The molecule has 1 saturated carbocycles. The van der Waals surface area contributed by atoms with Crippen LogP contribution in [0.4, 0.5) is 0 Å². The molecule has 118 valence electrons. The second-order valence-electron chi connectivity index (χ2n) is 6.00. The molecule has 0 aromatic heterocycles. The second kappa shape index (κ2) is 6.55. The number of ether oxygens (including phenoxy) is 2. The molecule has 5 nitrogen and oxygen atoms in total. The molecule has 1 aliphatic carbocycles. The molecule has 2 fully saturated rings. The summed E-state index contributed by atoms with van der Waals surface area (Å²) in [6.07, 6.45) is 2.50. The van der Waals surface area contributed by atoms with Crippen LogP contribution in [0, 0.1) is 11.3 Å². The normalized spacial score (nSPS) is 23.0. The smallest absolute Gasteiger partial charge is 0.165 e. The molecule has 0 bridgehead atoms. The lowest BCUT2D eigenvalue weighted by atomic mass is 10.1. The van der Waals surface area contributed by atoms with Crippen molar-refractivity contribution in [3.05, 3.63) is 23.8 Å². The van der Waals surface area contributed by atoms with Crippen molar-refractivity contribution in [2.24, 2.45) is 0 Å². The van der Waals surface area contributed by atoms with Crippen LogP contribution in [0.25, 0.3) is 0 Å². The van der Waals surface area contributed by atoms with Gasteiger partial charge in [-0.2, -0.15) is 5.26 Å². The topological polar surface area (TPSA) is 48.7 Å². The second-order valence-corrected chi connectivity index (χ2v) is 6.00. The zero-order valence-corrected chi connectivity index (χ0v) is 13.3. The van der Waals surface area contributed by atoms with Crippen molar-refractivity contribution in [3.63, 3.8) is 0 Å². The lowest BCUT2D eigenvalue weighted by Crippen LogP contribution is -2.52. The lowest BCUT2D eigenvalue weighted by Gasteiger charge is -2.38. The Morgan fingerprint density at radius 3 is 2.68 bits per heavy atom. The van der Waals surface area contributed by atoms with Crippen molar-refractivity contribution in [2.75, 3.05) is 33.9 Å². The molecule has 0 N–H and O–H groups in total. The highest BCUT2D eigenvalue weighted by Gasteiger charge is 2.37. The number of piperazine rings is 1. The number of hydrogen-bond acceptors (Lipinski definition) is 5. The summed E-state index contributed by atoms with van der Waals surface area (Å²) in [6, 6.07) is 9.09. The van der Waals surface area contributed by atoms with E-state index >= 15 is 0 Å². The zero-order valence-electron chi connectivity index (χ0n) is 13.3. The average molecular weight is 301 g/mol. The van der Waals surface area contributed by atoms with Gasteiger partial charge in [-0.25, -0.2) is 0 Å². The van der Waals surface area contributed by atoms with Gasteiger partial charge in [0.25, 0.3) is 0 Å². The van der Waals surface area contributed by atoms with Gasteiger partial charge in [0.05, 0.1) is 20.3 Å². The quantitative estimate of drug-likeness (QED) is 0.831.